The zero-order chi connectivity index (χ0) is 17.3. The third kappa shape index (κ3) is 3.52. The number of carbonyl (C=O) groups excluding carboxylic acids is 2. The Morgan fingerprint density at radius 1 is 1.25 bits per heavy atom. The topological polar surface area (TPSA) is 55.8 Å². The van der Waals surface area contributed by atoms with E-state index in [0.717, 1.165) is 37.8 Å². The first-order valence-electron chi connectivity index (χ1n) is 8.33. The number of rotatable bonds is 4. The highest BCUT2D eigenvalue weighted by atomic mass is 19.1. The lowest BCUT2D eigenvalue weighted by atomic mass is 10.0. The highest BCUT2D eigenvalue weighted by Gasteiger charge is 2.31. The van der Waals surface area contributed by atoms with E-state index in [-0.39, 0.29) is 17.6 Å². The van der Waals surface area contributed by atoms with Gasteiger partial charge in [-0.25, -0.2) is 9.18 Å². The molecule has 1 saturated carbocycles. The molecule has 1 heterocycles. The summed E-state index contributed by atoms with van der Waals surface area (Å²) < 4.78 is 24.9. The molecule has 1 saturated heterocycles. The summed E-state index contributed by atoms with van der Waals surface area (Å²) in [7, 11) is 1.24. The lowest BCUT2D eigenvalue weighted by Crippen LogP contribution is -2.43. The van der Waals surface area contributed by atoms with Crippen molar-refractivity contribution < 1.29 is 23.5 Å². The highest BCUT2D eigenvalue weighted by Crippen LogP contribution is 2.45. The van der Waals surface area contributed by atoms with Crippen molar-refractivity contribution in [1.82, 2.24) is 4.90 Å². The Bertz CT molecular complexity index is 657. The summed E-state index contributed by atoms with van der Waals surface area (Å²) in [6.07, 6.45) is 3.56. The molecule has 1 aromatic rings. The fourth-order valence-corrected chi connectivity index (χ4v) is 3.15. The molecule has 2 fully saturated rings. The van der Waals surface area contributed by atoms with Crippen LogP contribution in [0.25, 0.3) is 0 Å². The number of nitrogens with zero attached hydrogens (tertiary/aromatic N) is 1. The summed E-state index contributed by atoms with van der Waals surface area (Å²) in [5, 5.41) is 0. The molecule has 0 spiro atoms. The van der Waals surface area contributed by atoms with Crippen LogP contribution in [0, 0.1) is 5.82 Å². The van der Waals surface area contributed by atoms with E-state index in [1.807, 2.05) is 0 Å². The minimum atomic E-state index is -0.679. The van der Waals surface area contributed by atoms with E-state index in [1.165, 1.54) is 13.2 Å². The molecule has 1 unspecified atom stereocenters. The van der Waals surface area contributed by atoms with Crippen molar-refractivity contribution in [1.29, 1.82) is 0 Å². The third-order valence-electron chi connectivity index (χ3n) is 4.64. The van der Waals surface area contributed by atoms with Gasteiger partial charge >= 0.3 is 5.97 Å². The van der Waals surface area contributed by atoms with Gasteiger partial charge in [-0.2, -0.15) is 0 Å². The van der Waals surface area contributed by atoms with E-state index >= 15 is 0 Å². The Morgan fingerprint density at radius 3 is 2.62 bits per heavy atom. The van der Waals surface area contributed by atoms with Crippen LogP contribution in [-0.2, 0) is 9.53 Å². The van der Waals surface area contributed by atoms with Gasteiger partial charge in [-0.1, -0.05) is 0 Å². The number of methoxy groups -OCH3 is 1. The Kier molecular flexibility index (Phi) is 4.73. The van der Waals surface area contributed by atoms with E-state index in [0.29, 0.717) is 18.2 Å². The van der Waals surface area contributed by atoms with Gasteiger partial charge in [0.2, 0.25) is 5.91 Å². The quantitative estimate of drug-likeness (QED) is 0.794. The van der Waals surface area contributed by atoms with Crippen molar-refractivity contribution in [3.63, 3.8) is 0 Å². The normalized spacial score (nSPS) is 20.6. The average molecular weight is 335 g/mol. The molecular formula is C18H22FNO4. The van der Waals surface area contributed by atoms with Gasteiger partial charge in [0.05, 0.1) is 19.2 Å². The number of carbonyl (C=O) groups is 2. The van der Waals surface area contributed by atoms with Crippen LogP contribution in [0.3, 0.4) is 0 Å². The smallest absolute Gasteiger partial charge is 0.340 e. The zero-order valence-electron chi connectivity index (χ0n) is 14.0. The summed E-state index contributed by atoms with van der Waals surface area (Å²) >= 11 is 0. The fraction of sp³-hybridized carbons (Fsp3) is 0.556. The number of amides is 1. The first-order valence-corrected chi connectivity index (χ1v) is 8.33. The predicted molar refractivity (Wildman–Crippen MR) is 85.6 cm³/mol. The number of hydrogen-bond donors (Lipinski definition) is 0. The maximum atomic E-state index is 14.3. The van der Waals surface area contributed by atoms with Crippen LogP contribution in [-0.4, -0.2) is 43.1 Å². The molecule has 1 aliphatic carbocycles. The van der Waals surface area contributed by atoms with Gasteiger partial charge in [0, 0.05) is 19.5 Å². The molecule has 1 amide bonds. The van der Waals surface area contributed by atoms with Crippen LogP contribution >= 0.6 is 0 Å². The number of ether oxygens (including phenoxy) is 2. The SMILES string of the molecule is COC(=O)c1cc(C2CC2)c(OC2CCCN(C(C)=O)C2)cc1F. The molecule has 3 rings (SSSR count). The summed E-state index contributed by atoms with van der Waals surface area (Å²) in [5.74, 6) is -0.505. The van der Waals surface area contributed by atoms with Crippen LogP contribution in [0.5, 0.6) is 5.75 Å². The van der Waals surface area contributed by atoms with Crippen LogP contribution < -0.4 is 4.74 Å². The third-order valence-corrected chi connectivity index (χ3v) is 4.64. The molecule has 0 bridgehead atoms. The summed E-state index contributed by atoms with van der Waals surface area (Å²) in [6.45, 7) is 2.79. The van der Waals surface area contributed by atoms with Crippen molar-refractivity contribution in [2.45, 2.75) is 44.6 Å². The molecule has 130 valence electrons. The first-order chi connectivity index (χ1) is 11.5. The Hall–Kier alpha value is -2.11. The fourth-order valence-electron chi connectivity index (χ4n) is 3.15. The van der Waals surface area contributed by atoms with Crippen LogP contribution in [0.2, 0.25) is 0 Å². The van der Waals surface area contributed by atoms with Crippen molar-refractivity contribution in [3.05, 3.63) is 29.1 Å². The number of benzene rings is 1. The number of halogens is 1. The summed E-state index contributed by atoms with van der Waals surface area (Å²) in [4.78, 5) is 25.0. The van der Waals surface area contributed by atoms with Crippen molar-refractivity contribution in [2.75, 3.05) is 20.2 Å². The van der Waals surface area contributed by atoms with Crippen molar-refractivity contribution in [3.8, 4) is 5.75 Å². The molecule has 1 atom stereocenters. The molecule has 2 aliphatic rings. The molecule has 1 aromatic carbocycles. The van der Waals surface area contributed by atoms with Crippen LogP contribution in [0.4, 0.5) is 4.39 Å². The Balaban J connectivity index is 1.83. The minimum absolute atomic E-state index is 0.0259. The molecule has 1 aliphatic heterocycles. The van der Waals surface area contributed by atoms with E-state index in [9.17, 15) is 14.0 Å². The molecule has 0 radical (unpaired) electrons. The number of piperidine rings is 1. The van der Waals surface area contributed by atoms with Crippen molar-refractivity contribution >= 4 is 11.9 Å². The van der Waals surface area contributed by atoms with Gasteiger partial charge < -0.3 is 14.4 Å². The second-order valence-electron chi connectivity index (χ2n) is 6.48. The second-order valence-corrected chi connectivity index (χ2v) is 6.48. The van der Waals surface area contributed by atoms with Crippen LogP contribution in [0.1, 0.15) is 54.4 Å². The van der Waals surface area contributed by atoms with E-state index in [2.05, 4.69) is 4.74 Å². The zero-order valence-corrected chi connectivity index (χ0v) is 14.0. The standard InChI is InChI=1S/C18H22FNO4/c1-11(21)20-7-3-4-13(10-20)24-17-9-16(19)15(18(22)23-2)8-14(17)12-5-6-12/h8-9,12-13H,3-7,10H2,1-2H3. The maximum Gasteiger partial charge on any atom is 0.340 e. The minimum Gasteiger partial charge on any atom is -0.488 e. The summed E-state index contributed by atoms with van der Waals surface area (Å²) in [5.41, 5.74) is 0.803. The predicted octanol–water partition coefficient (Wildman–Crippen LogP) is 2.88. The number of likely N-dealkylation sites (tertiary alicyclic amines) is 1. The van der Waals surface area contributed by atoms with Gasteiger partial charge in [-0.15, -0.1) is 0 Å². The van der Waals surface area contributed by atoms with E-state index < -0.39 is 11.8 Å². The van der Waals surface area contributed by atoms with Gasteiger partial charge in [0.1, 0.15) is 17.7 Å². The Morgan fingerprint density at radius 2 is 2.00 bits per heavy atom. The lowest BCUT2D eigenvalue weighted by molar-refractivity contribution is -0.131. The largest absolute Gasteiger partial charge is 0.488 e. The maximum absolute atomic E-state index is 14.3. The average Bonchev–Trinajstić information content (AvgIpc) is 3.39. The Labute approximate surface area is 140 Å². The number of esters is 1. The van der Waals surface area contributed by atoms with Crippen molar-refractivity contribution in [2.24, 2.45) is 0 Å². The second kappa shape index (κ2) is 6.79. The van der Waals surface area contributed by atoms with Gasteiger partial charge in [-0.05, 0) is 43.2 Å². The molecule has 0 aromatic heterocycles. The van der Waals surface area contributed by atoms with Gasteiger partial charge in [0.15, 0.2) is 0 Å². The van der Waals surface area contributed by atoms with Crippen LogP contribution in [0.15, 0.2) is 12.1 Å². The first kappa shape index (κ1) is 16.7. The monoisotopic (exact) mass is 335 g/mol. The molecule has 5 nitrogen and oxygen atoms in total. The molecule has 6 heteroatoms. The number of hydrogen-bond acceptors (Lipinski definition) is 4. The van der Waals surface area contributed by atoms with E-state index in [1.54, 1.807) is 17.9 Å². The molecular weight excluding hydrogens is 313 g/mol. The molecule has 24 heavy (non-hydrogen) atoms. The molecule has 0 N–H and O–H groups in total. The lowest BCUT2D eigenvalue weighted by Gasteiger charge is -2.32. The summed E-state index contributed by atoms with van der Waals surface area (Å²) in [6, 6.07) is 2.84. The van der Waals surface area contributed by atoms with Gasteiger partial charge in [0.25, 0.3) is 0 Å². The van der Waals surface area contributed by atoms with E-state index in [4.69, 9.17) is 4.74 Å². The van der Waals surface area contributed by atoms with Gasteiger partial charge in [-0.3, -0.25) is 4.79 Å². The highest BCUT2D eigenvalue weighted by molar-refractivity contribution is 5.90.